The number of piperazine rings is 1. The highest BCUT2D eigenvalue weighted by Crippen LogP contribution is 2.36. The third-order valence-electron chi connectivity index (χ3n) is 6.22. The Balaban J connectivity index is 1.34. The molecule has 0 spiro atoms. The summed E-state index contributed by atoms with van der Waals surface area (Å²) in [5.74, 6) is -0.306. The number of anilines is 2. The molecule has 1 aliphatic heterocycles. The maximum atomic E-state index is 12.9. The van der Waals surface area contributed by atoms with Crippen molar-refractivity contribution in [3.63, 3.8) is 0 Å². The lowest BCUT2D eigenvalue weighted by Crippen LogP contribution is -2.52. The molecule has 1 atom stereocenters. The molecular formula is C26H31ClN6O5S2. The maximum absolute atomic E-state index is 12.9. The predicted molar refractivity (Wildman–Crippen MR) is 155 cm³/mol. The number of nitrogens with zero attached hydrogens (tertiary/aromatic N) is 5. The lowest BCUT2D eigenvalue weighted by Gasteiger charge is -2.40. The van der Waals surface area contributed by atoms with E-state index in [0.29, 0.717) is 39.6 Å². The molecule has 40 heavy (non-hydrogen) atoms. The number of thiazole rings is 1. The Labute approximate surface area is 245 Å². The molecule has 0 bridgehead atoms. The molecule has 214 valence electrons. The summed E-state index contributed by atoms with van der Waals surface area (Å²) in [7, 11) is 0. The number of halogens is 1. The zero-order valence-corrected chi connectivity index (χ0v) is 24.9. The van der Waals surface area contributed by atoms with Crippen molar-refractivity contribution in [3.05, 3.63) is 39.4 Å². The highest BCUT2D eigenvalue weighted by atomic mass is 35.5. The van der Waals surface area contributed by atoms with Gasteiger partial charge < -0.3 is 14.4 Å². The van der Waals surface area contributed by atoms with Gasteiger partial charge >= 0.3 is 11.9 Å². The van der Waals surface area contributed by atoms with Crippen molar-refractivity contribution in [3.8, 4) is 10.6 Å². The monoisotopic (exact) mass is 606 g/mol. The van der Waals surface area contributed by atoms with Crippen LogP contribution < -0.4 is 10.2 Å². The van der Waals surface area contributed by atoms with E-state index in [9.17, 15) is 14.4 Å². The molecular weight excluding hydrogens is 576 g/mol. The first-order chi connectivity index (χ1) is 19.2. The minimum Gasteiger partial charge on any atom is -0.466 e. The molecule has 4 heterocycles. The zero-order chi connectivity index (χ0) is 28.6. The standard InChI is InChI=1S/C26H31ClN6O5S2/c1-4-37-23(35)6-5-7-32-8-9-33(13-16(32)2)22-12-28-19(11-29-22)25(36)31-26-30-24(20-10-18(27)15-39-20)21(40-26)14-38-17(3)34/h10-12,15-16H,4-9,13-14H2,1-3H3,(H,30,31,36)/t16-/m0/s1. The van der Waals surface area contributed by atoms with Gasteiger partial charge in [0.1, 0.15) is 23.8 Å². The molecule has 14 heteroatoms. The fraction of sp³-hybridized carbons (Fsp3) is 0.462. The molecule has 1 aliphatic rings. The number of esters is 2. The molecule has 3 aromatic rings. The average molecular weight is 607 g/mol. The fourth-order valence-corrected chi connectivity index (χ4v) is 6.30. The molecule has 3 aromatic heterocycles. The van der Waals surface area contributed by atoms with E-state index in [-0.39, 0.29) is 24.3 Å². The van der Waals surface area contributed by atoms with Crippen LogP contribution in [0.15, 0.2) is 23.8 Å². The van der Waals surface area contributed by atoms with Gasteiger partial charge in [-0.25, -0.2) is 15.0 Å². The highest BCUT2D eigenvalue weighted by Gasteiger charge is 2.25. The van der Waals surface area contributed by atoms with Gasteiger partial charge in [-0.2, -0.15) is 0 Å². The second kappa shape index (κ2) is 14.0. The van der Waals surface area contributed by atoms with Crippen LogP contribution in [-0.2, 0) is 25.7 Å². The number of nitrogens with one attached hydrogen (secondary N) is 1. The lowest BCUT2D eigenvalue weighted by molar-refractivity contribution is -0.143. The van der Waals surface area contributed by atoms with Gasteiger partial charge in [-0.3, -0.25) is 24.6 Å². The Hall–Kier alpha value is -3.13. The summed E-state index contributed by atoms with van der Waals surface area (Å²) < 4.78 is 10.2. The van der Waals surface area contributed by atoms with Gasteiger partial charge in [-0.1, -0.05) is 22.9 Å². The first-order valence-corrected chi connectivity index (χ1v) is 15.0. The SMILES string of the molecule is CCOC(=O)CCCN1CCN(c2cnc(C(=O)Nc3nc(-c4cc(Cl)cs4)c(COC(C)=O)s3)cn2)C[C@@H]1C. The van der Waals surface area contributed by atoms with Gasteiger partial charge in [0.05, 0.1) is 33.8 Å². The van der Waals surface area contributed by atoms with Gasteiger partial charge in [0, 0.05) is 44.4 Å². The van der Waals surface area contributed by atoms with Crippen molar-refractivity contribution < 1.29 is 23.9 Å². The van der Waals surface area contributed by atoms with Gasteiger partial charge in [0.25, 0.3) is 5.91 Å². The Morgan fingerprint density at radius 1 is 1.20 bits per heavy atom. The van der Waals surface area contributed by atoms with Gasteiger partial charge in [0.2, 0.25) is 0 Å². The normalized spacial score (nSPS) is 15.6. The number of amides is 1. The molecule has 1 N–H and O–H groups in total. The van der Waals surface area contributed by atoms with Crippen molar-refractivity contribution in [2.75, 3.05) is 43.0 Å². The number of hydrogen-bond acceptors (Lipinski definition) is 12. The largest absolute Gasteiger partial charge is 0.466 e. The number of hydrogen-bond donors (Lipinski definition) is 1. The maximum Gasteiger partial charge on any atom is 0.305 e. The molecule has 1 fully saturated rings. The molecule has 4 rings (SSSR count). The van der Waals surface area contributed by atoms with Crippen molar-refractivity contribution >= 4 is 63.1 Å². The number of thiophene rings is 1. The van der Waals surface area contributed by atoms with Gasteiger partial charge in [-0.05, 0) is 32.9 Å². The number of rotatable bonds is 11. The van der Waals surface area contributed by atoms with E-state index in [2.05, 4.69) is 37.0 Å². The second-order valence-electron chi connectivity index (χ2n) is 9.15. The quantitative estimate of drug-likeness (QED) is 0.312. The van der Waals surface area contributed by atoms with Crippen molar-refractivity contribution in [2.45, 2.75) is 46.3 Å². The van der Waals surface area contributed by atoms with E-state index in [1.165, 1.54) is 35.8 Å². The third kappa shape index (κ3) is 7.96. The molecule has 0 aliphatic carbocycles. The van der Waals surface area contributed by atoms with Crippen LogP contribution in [-0.4, -0.2) is 76.5 Å². The van der Waals surface area contributed by atoms with Crippen LogP contribution in [0, 0.1) is 0 Å². The number of aromatic nitrogens is 3. The van der Waals surface area contributed by atoms with Crippen LogP contribution in [0.4, 0.5) is 10.9 Å². The van der Waals surface area contributed by atoms with Crippen LogP contribution >= 0.6 is 34.3 Å². The van der Waals surface area contributed by atoms with Crippen LogP contribution in [0.3, 0.4) is 0 Å². The van der Waals surface area contributed by atoms with E-state index in [0.717, 1.165) is 37.5 Å². The topological polar surface area (TPSA) is 127 Å². The number of ether oxygens (including phenoxy) is 2. The number of carbonyl (C=O) groups excluding carboxylic acids is 3. The molecule has 1 amide bonds. The molecule has 1 saturated heterocycles. The molecule has 0 unspecified atom stereocenters. The van der Waals surface area contributed by atoms with E-state index in [1.54, 1.807) is 17.6 Å². The summed E-state index contributed by atoms with van der Waals surface area (Å²) in [5, 5.41) is 5.49. The fourth-order valence-electron chi connectivity index (χ4n) is 4.26. The Kier molecular flexibility index (Phi) is 10.4. The van der Waals surface area contributed by atoms with Crippen molar-refractivity contribution in [2.24, 2.45) is 0 Å². The summed E-state index contributed by atoms with van der Waals surface area (Å²) in [5.41, 5.74) is 0.765. The van der Waals surface area contributed by atoms with E-state index >= 15 is 0 Å². The molecule has 11 nitrogen and oxygen atoms in total. The van der Waals surface area contributed by atoms with Crippen LogP contribution in [0.2, 0.25) is 5.02 Å². The zero-order valence-electron chi connectivity index (χ0n) is 22.5. The highest BCUT2D eigenvalue weighted by molar-refractivity contribution is 7.17. The van der Waals surface area contributed by atoms with E-state index < -0.39 is 11.9 Å². The minimum atomic E-state index is -0.442. The lowest BCUT2D eigenvalue weighted by atomic mass is 10.1. The Bertz CT molecular complexity index is 1330. The smallest absolute Gasteiger partial charge is 0.305 e. The summed E-state index contributed by atoms with van der Waals surface area (Å²) >= 11 is 8.71. The number of carbonyl (C=O) groups is 3. The molecule has 0 saturated carbocycles. The molecule has 0 radical (unpaired) electrons. The Morgan fingerprint density at radius 2 is 2.02 bits per heavy atom. The first-order valence-electron chi connectivity index (χ1n) is 12.9. The Morgan fingerprint density at radius 3 is 2.67 bits per heavy atom. The van der Waals surface area contributed by atoms with E-state index in [4.69, 9.17) is 21.1 Å². The predicted octanol–water partition coefficient (Wildman–Crippen LogP) is 4.48. The second-order valence-corrected chi connectivity index (χ2v) is 11.6. The van der Waals surface area contributed by atoms with Gasteiger partial charge in [0.15, 0.2) is 5.13 Å². The van der Waals surface area contributed by atoms with Crippen LogP contribution in [0.25, 0.3) is 10.6 Å². The summed E-state index contributed by atoms with van der Waals surface area (Å²) in [6, 6.07) is 2.05. The summed E-state index contributed by atoms with van der Waals surface area (Å²) in [6.07, 6.45) is 4.24. The van der Waals surface area contributed by atoms with Crippen molar-refractivity contribution in [1.29, 1.82) is 0 Å². The molecule has 0 aromatic carbocycles. The summed E-state index contributed by atoms with van der Waals surface area (Å²) in [4.78, 5) is 55.2. The summed E-state index contributed by atoms with van der Waals surface area (Å²) in [6.45, 7) is 8.95. The first kappa shape index (κ1) is 29.8. The van der Waals surface area contributed by atoms with Crippen LogP contribution in [0.1, 0.15) is 49.0 Å². The van der Waals surface area contributed by atoms with Gasteiger partial charge in [-0.15, -0.1) is 11.3 Å². The van der Waals surface area contributed by atoms with Crippen molar-refractivity contribution in [1.82, 2.24) is 19.9 Å². The van der Waals surface area contributed by atoms with E-state index in [1.807, 2.05) is 6.92 Å². The average Bonchev–Trinajstić information content (AvgIpc) is 3.54. The minimum absolute atomic E-state index is 0.0410. The third-order valence-corrected chi connectivity index (χ3v) is 8.45. The van der Waals surface area contributed by atoms with Crippen LogP contribution in [0.5, 0.6) is 0 Å².